The minimum Gasteiger partial charge on any atom is -0.402 e. The van der Waals surface area contributed by atoms with Gasteiger partial charge >= 0.3 is 0 Å². The Bertz CT molecular complexity index is 303. The Morgan fingerprint density at radius 3 is 2.77 bits per heavy atom. The van der Waals surface area contributed by atoms with Gasteiger partial charge in [-0.2, -0.15) is 0 Å². The second kappa shape index (κ2) is 4.13. The fourth-order valence-corrected chi connectivity index (χ4v) is 1.69. The lowest BCUT2D eigenvalue weighted by Gasteiger charge is -2.16. The second-order valence-corrected chi connectivity index (χ2v) is 3.47. The summed E-state index contributed by atoms with van der Waals surface area (Å²) in [5.74, 6) is 0. The predicted octanol–water partition coefficient (Wildman–Crippen LogP) is 3.07. The van der Waals surface area contributed by atoms with Crippen molar-refractivity contribution in [2.24, 2.45) is 5.73 Å². The van der Waals surface area contributed by atoms with Gasteiger partial charge in [0.25, 0.3) is 0 Å². The van der Waals surface area contributed by atoms with Crippen LogP contribution in [-0.4, -0.2) is 0 Å². The van der Waals surface area contributed by atoms with Gasteiger partial charge in [-0.3, -0.25) is 0 Å². The van der Waals surface area contributed by atoms with Crippen molar-refractivity contribution in [1.82, 2.24) is 0 Å². The Morgan fingerprint density at radius 1 is 1.54 bits per heavy atom. The quantitative estimate of drug-likeness (QED) is 0.641. The molecule has 1 aliphatic carbocycles. The van der Waals surface area contributed by atoms with Crippen LogP contribution < -0.4 is 5.73 Å². The summed E-state index contributed by atoms with van der Waals surface area (Å²) in [4.78, 5) is 0. The average molecular weight is 175 g/mol. The molecule has 0 aromatic rings. The summed E-state index contributed by atoms with van der Waals surface area (Å²) in [6, 6.07) is 0. The molecule has 1 rings (SSSR count). The first-order chi connectivity index (χ1) is 6.15. The van der Waals surface area contributed by atoms with Gasteiger partial charge in [-0.05, 0) is 49.5 Å². The number of allylic oxidation sites excluding steroid dienone is 7. The summed E-state index contributed by atoms with van der Waals surface area (Å²) in [7, 11) is 0. The van der Waals surface area contributed by atoms with Crippen molar-refractivity contribution in [2.45, 2.75) is 26.7 Å². The molecule has 0 bridgehead atoms. The molecule has 1 nitrogen and oxygen atoms in total. The van der Waals surface area contributed by atoms with Crippen LogP contribution in [0.3, 0.4) is 0 Å². The van der Waals surface area contributed by atoms with Crippen LogP contribution in [0, 0.1) is 0 Å². The molecule has 0 aromatic heterocycles. The molecule has 0 aliphatic heterocycles. The van der Waals surface area contributed by atoms with E-state index in [1.54, 1.807) is 0 Å². The molecule has 0 radical (unpaired) electrons. The largest absolute Gasteiger partial charge is 0.402 e. The number of nitrogens with two attached hydrogens (primary N) is 1. The maximum atomic E-state index is 5.75. The third kappa shape index (κ3) is 2.35. The Labute approximate surface area is 80.3 Å². The summed E-state index contributed by atoms with van der Waals surface area (Å²) >= 11 is 0. The molecule has 0 heterocycles. The van der Waals surface area contributed by atoms with E-state index in [0.29, 0.717) is 0 Å². The normalized spacial score (nSPS) is 18.6. The fourth-order valence-electron chi connectivity index (χ4n) is 1.69. The monoisotopic (exact) mass is 175 g/mol. The van der Waals surface area contributed by atoms with E-state index >= 15 is 0 Å². The van der Waals surface area contributed by atoms with Gasteiger partial charge in [0, 0.05) is 5.70 Å². The van der Waals surface area contributed by atoms with Crippen molar-refractivity contribution < 1.29 is 0 Å². The minimum atomic E-state index is 0.981. The SMILES string of the molecule is C=C/C=C(/C)C1=C(C)C=C(N)CC1. The number of hydrogen-bond donors (Lipinski definition) is 1. The Hall–Kier alpha value is -1.24. The molecule has 13 heavy (non-hydrogen) atoms. The van der Waals surface area contributed by atoms with E-state index in [1.807, 2.05) is 12.2 Å². The third-order valence-electron chi connectivity index (χ3n) is 2.39. The van der Waals surface area contributed by atoms with Gasteiger partial charge in [-0.1, -0.05) is 18.7 Å². The zero-order valence-electron chi connectivity index (χ0n) is 8.43. The van der Waals surface area contributed by atoms with Crippen LogP contribution in [0.25, 0.3) is 0 Å². The van der Waals surface area contributed by atoms with E-state index in [2.05, 4.69) is 26.5 Å². The van der Waals surface area contributed by atoms with Crippen molar-refractivity contribution in [1.29, 1.82) is 0 Å². The first kappa shape index (κ1) is 9.85. The van der Waals surface area contributed by atoms with E-state index in [9.17, 15) is 0 Å². The maximum absolute atomic E-state index is 5.75. The Morgan fingerprint density at radius 2 is 2.23 bits per heavy atom. The van der Waals surface area contributed by atoms with Crippen molar-refractivity contribution in [3.8, 4) is 0 Å². The molecule has 0 saturated carbocycles. The summed E-state index contributed by atoms with van der Waals surface area (Å²) in [5, 5.41) is 0. The maximum Gasteiger partial charge on any atom is 0.00865 e. The second-order valence-electron chi connectivity index (χ2n) is 3.47. The highest BCUT2D eigenvalue weighted by atomic mass is 14.6. The Kier molecular flexibility index (Phi) is 3.13. The minimum absolute atomic E-state index is 0.981. The van der Waals surface area contributed by atoms with Gasteiger partial charge in [-0.15, -0.1) is 0 Å². The first-order valence-electron chi connectivity index (χ1n) is 4.60. The van der Waals surface area contributed by atoms with Crippen molar-refractivity contribution in [3.63, 3.8) is 0 Å². The molecule has 0 aromatic carbocycles. The van der Waals surface area contributed by atoms with Crippen LogP contribution in [0.5, 0.6) is 0 Å². The van der Waals surface area contributed by atoms with Gasteiger partial charge in [0.05, 0.1) is 0 Å². The molecule has 0 unspecified atom stereocenters. The lowest BCUT2D eigenvalue weighted by molar-refractivity contribution is 0.881. The predicted molar refractivity (Wildman–Crippen MR) is 58.2 cm³/mol. The van der Waals surface area contributed by atoms with Crippen LogP contribution in [-0.2, 0) is 0 Å². The van der Waals surface area contributed by atoms with Gasteiger partial charge in [0.2, 0.25) is 0 Å². The molecule has 2 N–H and O–H groups in total. The topological polar surface area (TPSA) is 26.0 Å². The van der Waals surface area contributed by atoms with E-state index in [0.717, 1.165) is 18.5 Å². The highest BCUT2D eigenvalue weighted by Crippen LogP contribution is 2.26. The number of rotatable bonds is 2. The molecular formula is C12H17N. The lowest BCUT2D eigenvalue weighted by atomic mass is 9.91. The summed E-state index contributed by atoms with van der Waals surface area (Å²) in [5.41, 5.74) is 10.7. The van der Waals surface area contributed by atoms with Crippen molar-refractivity contribution in [3.05, 3.63) is 47.2 Å². The van der Waals surface area contributed by atoms with E-state index in [4.69, 9.17) is 5.73 Å². The molecule has 0 saturated heterocycles. The van der Waals surface area contributed by atoms with Crippen LogP contribution in [0.15, 0.2) is 47.2 Å². The van der Waals surface area contributed by atoms with E-state index in [1.165, 1.54) is 16.7 Å². The third-order valence-corrected chi connectivity index (χ3v) is 2.39. The van der Waals surface area contributed by atoms with Crippen LogP contribution in [0.4, 0.5) is 0 Å². The zero-order chi connectivity index (χ0) is 9.84. The summed E-state index contributed by atoms with van der Waals surface area (Å²) in [6.07, 6.45) is 7.99. The zero-order valence-corrected chi connectivity index (χ0v) is 8.43. The molecule has 0 atom stereocenters. The van der Waals surface area contributed by atoms with Gasteiger partial charge in [-0.25, -0.2) is 0 Å². The average Bonchev–Trinajstić information content (AvgIpc) is 2.04. The van der Waals surface area contributed by atoms with Crippen molar-refractivity contribution in [2.75, 3.05) is 0 Å². The van der Waals surface area contributed by atoms with E-state index < -0.39 is 0 Å². The smallest absolute Gasteiger partial charge is 0.00865 e. The summed E-state index contributed by atoms with van der Waals surface area (Å²) in [6.45, 7) is 7.93. The van der Waals surface area contributed by atoms with Crippen LogP contribution in [0.2, 0.25) is 0 Å². The first-order valence-corrected chi connectivity index (χ1v) is 4.60. The summed E-state index contributed by atoms with van der Waals surface area (Å²) < 4.78 is 0. The van der Waals surface area contributed by atoms with Crippen LogP contribution >= 0.6 is 0 Å². The molecule has 1 aliphatic rings. The standard InChI is InChI=1S/C12H17N/c1-4-5-9(2)12-7-6-11(13)8-10(12)3/h4-5,8H,1,6-7,13H2,2-3H3/b9-5-. The highest BCUT2D eigenvalue weighted by Gasteiger charge is 2.09. The Balaban J connectivity index is 2.98. The van der Waals surface area contributed by atoms with Crippen molar-refractivity contribution >= 4 is 0 Å². The lowest BCUT2D eigenvalue weighted by Crippen LogP contribution is -2.05. The molecular weight excluding hydrogens is 158 g/mol. The molecule has 1 heteroatoms. The van der Waals surface area contributed by atoms with Gasteiger partial charge in [0.1, 0.15) is 0 Å². The molecule has 0 spiro atoms. The molecule has 70 valence electrons. The van der Waals surface area contributed by atoms with Gasteiger partial charge < -0.3 is 5.73 Å². The van der Waals surface area contributed by atoms with Gasteiger partial charge in [0.15, 0.2) is 0 Å². The fraction of sp³-hybridized carbons (Fsp3) is 0.333. The number of hydrogen-bond acceptors (Lipinski definition) is 1. The van der Waals surface area contributed by atoms with Crippen LogP contribution in [0.1, 0.15) is 26.7 Å². The highest BCUT2D eigenvalue weighted by molar-refractivity contribution is 5.43. The molecule has 0 amide bonds. The van der Waals surface area contributed by atoms with E-state index in [-0.39, 0.29) is 0 Å². The molecule has 0 fully saturated rings.